The predicted molar refractivity (Wildman–Crippen MR) is 83.4 cm³/mol. The summed E-state index contributed by atoms with van der Waals surface area (Å²) in [5, 5.41) is 29.0. The first-order chi connectivity index (χ1) is 10.6. The molecule has 23 heavy (non-hydrogen) atoms. The molecule has 7 heteroatoms. The summed E-state index contributed by atoms with van der Waals surface area (Å²) in [6.07, 6.45) is -0.989. The Balaban J connectivity index is 5.40. The lowest BCUT2D eigenvalue weighted by atomic mass is 9.78. The normalized spacial score (nSPS) is 14.7. The molecule has 7 nitrogen and oxygen atoms in total. The summed E-state index contributed by atoms with van der Waals surface area (Å²) in [6.45, 7) is 6.52. The van der Waals surface area contributed by atoms with Gasteiger partial charge in [0, 0.05) is 12.5 Å². The number of esters is 2. The lowest BCUT2D eigenvalue weighted by molar-refractivity contribution is -0.184. The molecule has 0 saturated heterocycles. The van der Waals surface area contributed by atoms with E-state index >= 15 is 0 Å². The molecule has 0 spiro atoms. The highest BCUT2D eigenvalue weighted by Gasteiger charge is 2.45. The number of aliphatic hydroxyl groups excluding tert-OH is 3. The first-order valence-corrected chi connectivity index (χ1v) is 7.84. The third-order valence-corrected chi connectivity index (χ3v) is 3.73. The van der Waals surface area contributed by atoms with E-state index in [4.69, 9.17) is 9.47 Å². The molecular weight excluding hydrogens is 304 g/mol. The molecule has 0 saturated carbocycles. The fourth-order valence-corrected chi connectivity index (χ4v) is 1.99. The van der Waals surface area contributed by atoms with Gasteiger partial charge in [0.2, 0.25) is 0 Å². The van der Waals surface area contributed by atoms with E-state index in [1.165, 1.54) is 0 Å². The Labute approximate surface area is 137 Å². The molecule has 2 atom stereocenters. The molecule has 0 aromatic heterocycles. The van der Waals surface area contributed by atoms with Crippen molar-refractivity contribution in [2.45, 2.75) is 40.7 Å². The van der Waals surface area contributed by atoms with Crippen molar-refractivity contribution in [3.8, 4) is 0 Å². The Kier molecular flexibility index (Phi) is 9.34. The molecule has 0 radical (unpaired) electrons. The van der Waals surface area contributed by atoms with Crippen molar-refractivity contribution in [2.75, 3.05) is 26.4 Å². The number of carbonyl (C=O) groups is 2. The minimum absolute atomic E-state index is 0.308. The summed E-state index contributed by atoms with van der Waals surface area (Å²) in [6, 6.07) is 0. The van der Waals surface area contributed by atoms with Crippen LogP contribution < -0.4 is 0 Å². The van der Waals surface area contributed by atoms with Crippen molar-refractivity contribution in [2.24, 2.45) is 23.2 Å². The molecule has 0 aromatic carbocycles. The fourth-order valence-electron chi connectivity index (χ4n) is 1.99. The Morgan fingerprint density at radius 1 is 0.913 bits per heavy atom. The van der Waals surface area contributed by atoms with Crippen LogP contribution >= 0.6 is 0 Å². The van der Waals surface area contributed by atoms with E-state index < -0.39 is 48.5 Å². The lowest BCUT2D eigenvalue weighted by Gasteiger charge is -2.39. The van der Waals surface area contributed by atoms with Gasteiger partial charge in [0.05, 0.1) is 30.5 Å². The van der Waals surface area contributed by atoms with Crippen molar-refractivity contribution in [1.82, 2.24) is 0 Å². The first kappa shape index (κ1) is 21.8. The Bertz CT molecular complexity index is 375. The van der Waals surface area contributed by atoms with Crippen molar-refractivity contribution in [3.05, 3.63) is 0 Å². The number of rotatable bonds is 10. The Hall–Kier alpha value is -1.18. The monoisotopic (exact) mass is 334 g/mol. The van der Waals surface area contributed by atoms with E-state index in [9.17, 15) is 24.9 Å². The lowest BCUT2D eigenvalue weighted by Crippen LogP contribution is -2.52. The zero-order valence-corrected chi connectivity index (χ0v) is 14.6. The third-order valence-electron chi connectivity index (χ3n) is 3.73. The van der Waals surface area contributed by atoms with Gasteiger partial charge in [-0.2, -0.15) is 0 Å². The highest BCUT2D eigenvalue weighted by Crippen LogP contribution is 2.31. The summed E-state index contributed by atoms with van der Waals surface area (Å²) in [5.74, 6) is -2.32. The third kappa shape index (κ3) is 6.08. The van der Waals surface area contributed by atoms with Gasteiger partial charge in [-0.15, -0.1) is 0 Å². The first-order valence-electron chi connectivity index (χ1n) is 7.84. The van der Waals surface area contributed by atoms with E-state index in [-0.39, 0.29) is 19.1 Å². The number of hydrogen-bond donors (Lipinski definition) is 3. The van der Waals surface area contributed by atoms with Crippen molar-refractivity contribution in [1.29, 1.82) is 0 Å². The topological polar surface area (TPSA) is 113 Å². The van der Waals surface area contributed by atoms with E-state index in [2.05, 4.69) is 0 Å². The second kappa shape index (κ2) is 9.85. The molecule has 136 valence electrons. The molecule has 0 aliphatic carbocycles. The van der Waals surface area contributed by atoms with Gasteiger partial charge >= 0.3 is 11.9 Å². The summed E-state index contributed by atoms with van der Waals surface area (Å²) in [7, 11) is 0. The van der Waals surface area contributed by atoms with Crippen LogP contribution in [0.5, 0.6) is 0 Å². The quantitative estimate of drug-likeness (QED) is 0.494. The van der Waals surface area contributed by atoms with Crippen LogP contribution in [0.3, 0.4) is 0 Å². The van der Waals surface area contributed by atoms with Gasteiger partial charge in [0.15, 0.2) is 0 Å². The molecule has 0 aliphatic rings. The van der Waals surface area contributed by atoms with Crippen LogP contribution in [0.1, 0.15) is 34.6 Å². The van der Waals surface area contributed by atoms with Crippen LogP contribution in [-0.2, 0) is 19.1 Å². The number of carbonyl (C=O) groups excluding carboxylic acids is 2. The molecule has 0 rings (SSSR count). The predicted octanol–water partition coefficient (Wildman–Crippen LogP) is 0.353. The second-order valence-corrected chi connectivity index (χ2v) is 6.61. The van der Waals surface area contributed by atoms with Crippen molar-refractivity contribution >= 4 is 11.9 Å². The molecule has 0 fully saturated rings. The van der Waals surface area contributed by atoms with Crippen LogP contribution in [0.2, 0.25) is 0 Å². The minimum Gasteiger partial charge on any atom is -0.465 e. The maximum absolute atomic E-state index is 11.9. The average Bonchev–Trinajstić information content (AvgIpc) is 2.53. The number of aliphatic hydroxyl groups is 3. The highest BCUT2D eigenvalue weighted by molar-refractivity contribution is 5.72. The smallest absolute Gasteiger partial charge is 0.308 e. The van der Waals surface area contributed by atoms with Gasteiger partial charge in [-0.3, -0.25) is 9.59 Å². The average molecular weight is 334 g/mol. The van der Waals surface area contributed by atoms with Gasteiger partial charge in [0.1, 0.15) is 12.7 Å². The minimum atomic E-state index is -1.38. The SMILES string of the molecule is CC(C)C(=O)OCC(CO)(CO)C(OC(=O)C(C)C)C(C)CO. The van der Waals surface area contributed by atoms with E-state index in [1.807, 2.05) is 0 Å². The van der Waals surface area contributed by atoms with Gasteiger partial charge in [-0.25, -0.2) is 0 Å². The van der Waals surface area contributed by atoms with Crippen LogP contribution in [0, 0.1) is 23.2 Å². The Morgan fingerprint density at radius 3 is 1.74 bits per heavy atom. The van der Waals surface area contributed by atoms with Gasteiger partial charge in [-0.05, 0) is 0 Å². The zero-order valence-electron chi connectivity index (χ0n) is 14.6. The number of ether oxygens (including phenoxy) is 2. The van der Waals surface area contributed by atoms with Crippen LogP contribution in [-0.4, -0.2) is 59.8 Å². The van der Waals surface area contributed by atoms with Gasteiger partial charge in [-0.1, -0.05) is 34.6 Å². The van der Waals surface area contributed by atoms with E-state index in [1.54, 1.807) is 34.6 Å². The highest BCUT2D eigenvalue weighted by atomic mass is 16.6. The number of hydrogen-bond acceptors (Lipinski definition) is 7. The maximum Gasteiger partial charge on any atom is 0.308 e. The second-order valence-electron chi connectivity index (χ2n) is 6.61. The van der Waals surface area contributed by atoms with E-state index in [0.717, 1.165) is 0 Å². The summed E-state index contributed by atoms with van der Waals surface area (Å²) >= 11 is 0. The summed E-state index contributed by atoms with van der Waals surface area (Å²) in [4.78, 5) is 23.6. The standard InChI is InChI=1S/C16H30O7/c1-10(2)14(20)22-9-16(7-18,8-19)13(12(5)6-17)23-15(21)11(3)4/h10-13,17-19H,6-9H2,1-5H3. The maximum atomic E-state index is 11.9. The Morgan fingerprint density at radius 2 is 1.39 bits per heavy atom. The molecule has 0 aliphatic heterocycles. The van der Waals surface area contributed by atoms with Gasteiger partial charge < -0.3 is 24.8 Å². The van der Waals surface area contributed by atoms with Crippen molar-refractivity contribution in [3.63, 3.8) is 0 Å². The molecule has 3 N–H and O–H groups in total. The molecular formula is C16H30O7. The fraction of sp³-hybridized carbons (Fsp3) is 0.875. The van der Waals surface area contributed by atoms with Crippen LogP contribution in [0.15, 0.2) is 0 Å². The van der Waals surface area contributed by atoms with E-state index in [0.29, 0.717) is 0 Å². The zero-order chi connectivity index (χ0) is 18.2. The van der Waals surface area contributed by atoms with Gasteiger partial charge in [0.25, 0.3) is 0 Å². The molecule has 0 heterocycles. The largest absolute Gasteiger partial charge is 0.465 e. The summed E-state index contributed by atoms with van der Waals surface area (Å²) < 4.78 is 10.5. The molecule has 2 unspecified atom stereocenters. The van der Waals surface area contributed by atoms with Crippen molar-refractivity contribution < 1.29 is 34.4 Å². The summed E-state index contributed by atoms with van der Waals surface area (Å²) in [5.41, 5.74) is -1.38. The molecule has 0 amide bonds. The van der Waals surface area contributed by atoms with Crippen LogP contribution in [0.4, 0.5) is 0 Å². The molecule has 0 bridgehead atoms. The van der Waals surface area contributed by atoms with Crippen LogP contribution in [0.25, 0.3) is 0 Å². The molecule has 0 aromatic rings.